The summed E-state index contributed by atoms with van der Waals surface area (Å²) in [5, 5.41) is 0.495. The molecule has 0 spiro atoms. The smallest absolute Gasteiger partial charge is 0.339 e. The first-order valence-electron chi connectivity index (χ1n) is 12.9. The van der Waals surface area contributed by atoms with Crippen LogP contribution in [0.15, 0.2) is 78.9 Å². The predicted molar refractivity (Wildman–Crippen MR) is 153 cm³/mol. The SMILES string of the molecule is COc1cccc(C2(OC(=O)c3ccccc3)CCC(NS(=O)(=O)Cc3cccc(Cl)c3)CC2CN(C)C)c1. The molecule has 1 saturated carbocycles. The highest BCUT2D eigenvalue weighted by Gasteiger charge is 2.49. The van der Waals surface area contributed by atoms with Gasteiger partial charge >= 0.3 is 5.97 Å². The molecule has 3 aromatic rings. The van der Waals surface area contributed by atoms with Gasteiger partial charge in [-0.2, -0.15) is 0 Å². The first-order chi connectivity index (χ1) is 18.6. The van der Waals surface area contributed by atoms with Crippen LogP contribution in [0.25, 0.3) is 0 Å². The molecule has 1 aliphatic carbocycles. The maximum atomic E-state index is 13.4. The van der Waals surface area contributed by atoms with Gasteiger partial charge in [0.15, 0.2) is 0 Å². The summed E-state index contributed by atoms with van der Waals surface area (Å²) in [6, 6.07) is 23.1. The van der Waals surface area contributed by atoms with Crippen molar-refractivity contribution in [2.75, 3.05) is 27.7 Å². The zero-order valence-corrected chi connectivity index (χ0v) is 24.0. The van der Waals surface area contributed by atoms with Crippen molar-refractivity contribution >= 4 is 27.6 Å². The number of nitrogens with one attached hydrogen (secondary N) is 1. The van der Waals surface area contributed by atoms with E-state index in [1.807, 2.05) is 49.3 Å². The Hall–Kier alpha value is -2.91. The van der Waals surface area contributed by atoms with E-state index in [1.165, 1.54) is 0 Å². The van der Waals surface area contributed by atoms with Crippen LogP contribution in [0, 0.1) is 5.92 Å². The van der Waals surface area contributed by atoms with Crippen molar-refractivity contribution in [3.8, 4) is 5.75 Å². The van der Waals surface area contributed by atoms with Gasteiger partial charge in [0.05, 0.1) is 18.4 Å². The molecule has 1 N–H and O–H groups in total. The Labute approximate surface area is 236 Å². The molecule has 0 aliphatic heterocycles. The van der Waals surface area contributed by atoms with Gasteiger partial charge in [0, 0.05) is 23.5 Å². The van der Waals surface area contributed by atoms with E-state index in [9.17, 15) is 13.2 Å². The Morgan fingerprint density at radius 2 is 1.79 bits per heavy atom. The number of carbonyl (C=O) groups is 1. The molecule has 208 valence electrons. The fourth-order valence-corrected chi connectivity index (χ4v) is 7.05. The maximum Gasteiger partial charge on any atom is 0.339 e. The summed E-state index contributed by atoms with van der Waals surface area (Å²) < 4.78 is 41.1. The summed E-state index contributed by atoms with van der Waals surface area (Å²) >= 11 is 6.06. The van der Waals surface area contributed by atoms with Crippen molar-refractivity contribution in [3.63, 3.8) is 0 Å². The van der Waals surface area contributed by atoms with Crippen LogP contribution in [-0.2, 0) is 26.1 Å². The van der Waals surface area contributed by atoms with Gasteiger partial charge in [0.1, 0.15) is 11.4 Å². The normalized spacial score (nSPS) is 21.5. The summed E-state index contributed by atoms with van der Waals surface area (Å²) in [6.45, 7) is 0.589. The lowest BCUT2D eigenvalue weighted by Gasteiger charge is -2.47. The molecule has 0 saturated heterocycles. The Morgan fingerprint density at radius 1 is 1.05 bits per heavy atom. The summed E-state index contributed by atoms with van der Waals surface area (Å²) in [5.74, 6) is -0.107. The van der Waals surface area contributed by atoms with E-state index in [1.54, 1.807) is 55.6 Å². The zero-order valence-electron chi connectivity index (χ0n) is 22.5. The molecule has 1 fully saturated rings. The second-order valence-electron chi connectivity index (χ2n) is 10.3. The highest BCUT2D eigenvalue weighted by molar-refractivity contribution is 7.88. The summed E-state index contributed by atoms with van der Waals surface area (Å²) in [6.07, 6.45) is 1.44. The molecule has 0 amide bonds. The predicted octanol–water partition coefficient (Wildman–Crippen LogP) is 5.25. The highest BCUT2D eigenvalue weighted by Crippen LogP contribution is 2.46. The molecule has 7 nitrogen and oxygen atoms in total. The van der Waals surface area contributed by atoms with E-state index < -0.39 is 21.6 Å². The minimum Gasteiger partial charge on any atom is -0.497 e. The topological polar surface area (TPSA) is 84.9 Å². The minimum atomic E-state index is -3.63. The Bertz CT molecular complexity index is 1380. The number of benzene rings is 3. The van der Waals surface area contributed by atoms with Crippen molar-refractivity contribution in [1.82, 2.24) is 9.62 Å². The Balaban J connectivity index is 1.65. The number of rotatable bonds is 10. The summed E-state index contributed by atoms with van der Waals surface area (Å²) in [4.78, 5) is 15.5. The number of methoxy groups -OCH3 is 1. The van der Waals surface area contributed by atoms with Crippen molar-refractivity contribution < 1.29 is 22.7 Å². The Morgan fingerprint density at radius 3 is 2.49 bits per heavy atom. The summed E-state index contributed by atoms with van der Waals surface area (Å²) in [7, 11) is 1.89. The zero-order chi connectivity index (χ0) is 28.0. The number of sulfonamides is 1. The van der Waals surface area contributed by atoms with Crippen molar-refractivity contribution in [2.24, 2.45) is 5.92 Å². The van der Waals surface area contributed by atoms with Gasteiger partial charge in [-0.25, -0.2) is 17.9 Å². The van der Waals surface area contributed by atoms with Crippen LogP contribution >= 0.6 is 11.6 Å². The Kier molecular flexibility index (Phi) is 9.33. The van der Waals surface area contributed by atoms with Crippen LogP contribution in [0.3, 0.4) is 0 Å². The first kappa shape index (κ1) is 29.1. The molecule has 0 heterocycles. The average molecular weight is 571 g/mol. The van der Waals surface area contributed by atoms with E-state index in [0.717, 1.165) is 5.56 Å². The monoisotopic (exact) mass is 570 g/mol. The molecule has 3 unspecified atom stereocenters. The van der Waals surface area contributed by atoms with Crippen LogP contribution < -0.4 is 9.46 Å². The minimum absolute atomic E-state index is 0.160. The van der Waals surface area contributed by atoms with Crippen molar-refractivity contribution in [2.45, 2.75) is 36.7 Å². The first-order valence-corrected chi connectivity index (χ1v) is 15.0. The van der Waals surface area contributed by atoms with Crippen LogP contribution in [-0.4, -0.2) is 53.1 Å². The van der Waals surface area contributed by atoms with Crippen LogP contribution in [0.4, 0.5) is 0 Å². The van der Waals surface area contributed by atoms with Gasteiger partial charge in [0.25, 0.3) is 0 Å². The van der Waals surface area contributed by atoms with Gasteiger partial charge in [-0.3, -0.25) is 0 Å². The standard InChI is InChI=1S/C30H35ClN2O5S/c1-33(2)20-25-18-27(32-39(35,36)21-22-9-7-13-26(31)17-22)15-16-30(25,24-12-8-14-28(19-24)37-3)38-29(34)23-10-5-4-6-11-23/h4-14,17,19,25,27,32H,15-16,18,20-21H2,1-3H3. The molecule has 1 aliphatic rings. The van der Waals surface area contributed by atoms with Gasteiger partial charge in [0.2, 0.25) is 10.0 Å². The van der Waals surface area contributed by atoms with Crippen LogP contribution in [0.1, 0.15) is 40.7 Å². The number of ether oxygens (including phenoxy) is 2. The molecule has 4 rings (SSSR count). The average Bonchev–Trinajstić information content (AvgIpc) is 2.90. The molecule has 9 heteroatoms. The quantitative estimate of drug-likeness (QED) is 0.335. The van der Waals surface area contributed by atoms with Gasteiger partial charge in [-0.15, -0.1) is 0 Å². The van der Waals surface area contributed by atoms with Gasteiger partial charge in [-0.1, -0.05) is 54.1 Å². The number of esters is 1. The number of nitrogens with zero attached hydrogens (tertiary/aromatic N) is 1. The second-order valence-corrected chi connectivity index (χ2v) is 12.5. The third-order valence-electron chi connectivity index (χ3n) is 7.11. The van der Waals surface area contributed by atoms with E-state index >= 15 is 0 Å². The van der Waals surface area contributed by atoms with E-state index in [-0.39, 0.29) is 17.7 Å². The van der Waals surface area contributed by atoms with Gasteiger partial charge < -0.3 is 14.4 Å². The molecule has 0 bridgehead atoms. The number of hydrogen-bond donors (Lipinski definition) is 1. The van der Waals surface area contributed by atoms with Gasteiger partial charge in [-0.05, 0) is 80.9 Å². The number of halogens is 1. The fourth-order valence-electron chi connectivity index (χ4n) is 5.41. The van der Waals surface area contributed by atoms with E-state index in [0.29, 0.717) is 47.7 Å². The second kappa shape index (κ2) is 12.5. The number of carbonyl (C=O) groups excluding carboxylic acids is 1. The van der Waals surface area contributed by atoms with Crippen molar-refractivity contribution in [1.29, 1.82) is 0 Å². The number of hydrogen-bond acceptors (Lipinski definition) is 6. The highest BCUT2D eigenvalue weighted by atomic mass is 35.5. The van der Waals surface area contributed by atoms with E-state index in [4.69, 9.17) is 21.1 Å². The van der Waals surface area contributed by atoms with E-state index in [2.05, 4.69) is 4.72 Å². The molecular weight excluding hydrogens is 536 g/mol. The lowest BCUT2D eigenvalue weighted by atomic mass is 9.69. The third-order valence-corrected chi connectivity index (χ3v) is 8.75. The molecule has 0 aromatic heterocycles. The maximum absolute atomic E-state index is 13.4. The van der Waals surface area contributed by atoms with Crippen molar-refractivity contribution in [3.05, 3.63) is 101 Å². The lowest BCUT2D eigenvalue weighted by molar-refractivity contribution is -0.0866. The summed E-state index contributed by atoms with van der Waals surface area (Å²) in [5.41, 5.74) is 0.949. The lowest BCUT2D eigenvalue weighted by Crippen LogP contribution is -2.52. The molecule has 3 aromatic carbocycles. The molecular formula is C30H35ClN2O5S. The molecule has 39 heavy (non-hydrogen) atoms. The third kappa shape index (κ3) is 7.39. The van der Waals surface area contributed by atoms with Crippen LogP contribution in [0.2, 0.25) is 5.02 Å². The fraction of sp³-hybridized carbons (Fsp3) is 0.367. The van der Waals surface area contributed by atoms with Crippen LogP contribution in [0.5, 0.6) is 5.75 Å². The molecule has 3 atom stereocenters. The molecule has 0 radical (unpaired) electrons. The largest absolute Gasteiger partial charge is 0.497 e.